The summed E-state index contributed by atoms with van der Waals surface area (Å²) >= 11 is 3.41. The molecule has 0 aliphatic carbocycles. The Bertz CT molecular complexity index is 550. The molecule has 5 nitrogen and oxygen atoms in total. The number of rotatable bonds is 4. The van der Waals surface area contributed by atoms with Crippen LogP contribution in [0.5, 0.6) is 0 Å². The molecule has 0 saturated carbocycles. The summed E-state index contributed by atoms with van der Waals surface area (Å²) in [6.45, 7) is 6.35. The van der Waals surface area contributed by atoms with Crippen molar-refractivity contribution in [3.63, 3.8) is 0 Å². The van der Waals surface area contributed by atoms with Crippen molar-refractivity contribution >= 4 is 21.8 Å². The van der Waals surface area contributed by atoms with E-state index in [1.165, 1.54) is 0 Å². The van der Waals surface area contributed by atoms with Crippen molar-refractivity contribution in [2.45, 2.75) is 18.4 Å². The second-order valence-electron chi connectivity index (χ2n) is 6.82. The lowest BCUT2D eigenvalue weighted by Crippen LogP contribution is -2.62. The van der Waals surface area contributed by atoms with Crippen LogP contribution >= 0.6 is 15.9 Å². The van der Waals surface area contributed by atoms with Crippen LogP contribution in [0.4, 0.5) is 0 Å². The summed E-state index contributed by atoms with van der Waals surface area (Å²) in [5, 5.41) is 3.19. The SMILES string of the molecule is CN1CCC(CNC(=O)c2ccc(Br)cc2)(N2CCOCC2)CC1. The summed E-state index contributed by atoms with van der Waals surface area (Å²) in [6, 6.07) is 7.52. The average Bonchev–Trinajstić information content (AvgIpc) is 2.63. The lowest BCUT2D eigenvalue weighted by molar-refractivity contribution is -0.0439. The van der Waals surface area contributed by atoms with Gasteiger partial charge in [-0.15, -0.1) is 0 Å². The van der Waals surface area contributed by atoms with E-state index in [0.29, 0.717) is 12.1 Å². The number of amides is 1. The van der Waals surface area contributed by atoms with Crippen LogP contribution in [0.2, 0.25) is 0 Å². The lowest BCUT2D eigenvalue weighted by atomic mass is 9.85. The molecule has 0 bridgehead atoms. The van der Waals surface area contributed by atoms with Crippen molar-refractivity contribution in [3.05, 3.63) is 34.3 Å². The molecule has 0 spiro atoms. The van der Waals surface area contributed by atoms with Gasteiger partial charge in [-0.05, 0) is 57.2 Å². The van der Waals surface area contributed by atoms with Crippen molar-refractivity contribution in [2.75, 3.05) is 53.0 Å². The topological polar surface area (TPSA) is 44.8 Å². The normalized spacial score (nSPS) is 22.2. The molecule has 132 valence electrons. The van der Waals surface area contributed by atoms with Gasteiger partial charge in [0.2, 0.25) is 0 Å². The number of halogens is 1. The lowest BCUT2D eigenvalue weighted by Gasteiger charge is -2.49. The smallest absolute Gasteiger partial charge is 0.251 e. The van der Waals surface area contributed by atoms with E-state index in [1.54, 1.807) is 0 Å². The number of hydrogen-bond donors (Lipinski definition) is 1. The Morgan fingerprint density at radius 2 is 1.79 bits per heavy atom. The summed E-state index contributed by atoms with van der Waals surface area (Å²) in [7, 11) is 2.17. The number of benzene rings is 1. The number of carbonyl (C=O) groups excluding carboxylic acids is 1. The molecule has 1 aromatic carbocycles. The molecule has 2 aliphatic rings. The molecular weight excluding hydrogens is 370 g/mol. The molecule has 2 aliphatic heterocycles. The highest BCUT2D eigenvalue weighted by Crippen LogP contribution is 2.29. The number of hydrogen-bond acceptors (Lipinski definition) is 4. The molecule has 1 aromatic rings. The molecule has 24 heavy (non-hydrogen) atoms. The van der Waals surface area contributed by atoms with Crippen LogP contribution in [0, 0.1) is 0 Å². The molecule has 0 radical (unpaired) electrons. The second kappa shape index (κ2) is 7.95. The van der Waals surface area contributed by atoms with Crippen molar-refractivity contribution in [1.29, 1.82) is 0 Å². The fourth-order valence-corrected chi connectivity index (χ4v) is 3.89. The molecule has 1 amide bonds. The summed E-state index contributed by atoms with van der Waals surface area (Å²) < 4.78 is 6.50. The van der Waals surface area contributed by atoms with E-state index in [1.807, 2.05) is 24.3 Å². The first kappa shape index (κ1) is 17.9. The minimum Gasteiger partial charge on any atom is -0.379 e. The minimum absolute atomic E-state index is 0.00839. The van der Waals surface area contributed by atoms with Crippen LogP contribution in [0.25, 0.3) is 0 Å². The van der Waals surface area contributed by atoms with Crippen LogP contribution < -0.4 is 5.32 Å². The highest BCUT2D eigenvalue weighted by atomic mass is 79.9. The van der Waals surface area contributed by atoms with Crippen LogP contribution in [0.3, 0.4) is 0 Å². The Hall–Kier alpha value is -0.950. The molecule has 0 aromatic heterocycles. The van der Waals surface area contributed by atoms with Gasteiger partial charge in [-0.25, -0.2) is 0 Å². The van der Waals surface area contributed by atoms with E-state index >= 15 is 0 Å². The van der Waals surface area contributed by atoms with E-state index in [-0.39, 0.29) is 11.4 Å². The molecule has 1 N–H and O–H groups in total. The molecule has 0 atom stereocenters. The van der Waals surface area contributed by atoms with E-state index in [2.05, 4.69) is 38.1 Å². The van der Waals surface area contributed by atoms with Crippen molar-refractivity contribution in [3.8, 4) is 0 Å². The van der Waals surface area contributed by atoms with Gasteiger partial charge in [0, 0.05) is 35.2 Å². The number of nitrogens with one attached hydrogen (secondary N) is 1. The molecule has 2 saturated heterocycles. The first-order chi connectivity index (χ1) is 11.6. The van der Waals surface area contributed by atoms with E-state index < -0.39 is 0 Å². The minimum atomic E-state index is 0.00839. The monoisotopic (exact) mass is 395 g/mol. The molecule has 3 rings (SSSR count). The third-order valence-corrected chi connectivity index (χ3v) is 5.81. The predicted molar refractivity (Wildman–Crippen MR) is 98.3 cm³/mol. The van der Waals surface area contributed by atoms with E-state index in [9.17, 15) is 4.79 Å². The van der Waals surface area contributed by atoms with Gasteiger partial charge in [0.25, 0.3) is 5.91 Å². The fraction of sp³-hybridized carbons (Fsp3) is 0.611. The third-order valence-electron chi connectivity index (χ3n) is 5.28. The zero-order valence-corrected chi connectivity index (χ0v) is 15.8. The number of carbonyl (C=O) groups is 1. The molecule has 2 heterocycles. The first-order valence-corrected chi connectivity index (χ1v) is 9.43. The second-order valence-corrected chi connectivity index (χ2v) is 7.73. The van der Waals surface area contributed by atoms with Crippen LogP contribution in [-0.4, -0.2) is 74.2 Å². The van der Waals surface area contributed by atoms with Gasteiger partial charge in [-0.1, -0.05) is 15.9 Å². The molecule has 2 fully saturated rings. The van der Waals surface area contributed by atoms with Crippen molar-refractivity contribution < 1.29 is 9.53 Å². The van der Waals surface area contributed by atoms with Gasteiger partial charge >= 0.3 is 0 Å². The number of likely N-dealkylation sites (tertiary alicyclic amines) is 1. The van der Waals surface area contributed by atoms with Crippen LogP contribution in [0.1, 0.15) is 23.2 Å². The number of nitrogens with zero attached hydrogens (tertiary/aromatic N) is 2. The Labute approximate surface area is 152 Å². The Morgan fingerprint density at radius 1 is 1.17 bits per heavy atom. The maximum Gasteiger partial charge on any atom is 0.251 e. The molecular formula is C18H26BrN3O2. The zero-order valence-electron chi connectivity index (χ0n) is 14.3. The van der Waals surface area contributed by atoms with Crippen molar-refractivity contribution in [1.82, 2.24) is 15.1 Å². The summed E-state index contributed by atoms with van der Waals surface area (Å²) in [6.07, 6.45) is 2.17. The maximum atomic E-state index is 12.5. The molecule has 0 unspecified atom stereocenters. The van der Waals surface area contributed by atoms with Gasteiger partial charge in [0.05, 0.1) is 13.2 Å². The average molecular weight is 396 g/mol. The van der Waals surface area contributed by atoms with Gasteiger partial charge in [0.15, 0.2) is 0 Å². The first-order valence-electron chi connectivity index (χ1n) is 8.64. The quantitative estimate of drug-likeness (QED) is 0.846. The van der Waals surface area contributed by atoms with Gasteiger partial charge in [-0.3, -0.25) is 9.69 Å². The highest BCUT2D eigenvalue weighted by molar-refractivity contribution is 9.10. The summed E-state index contributed by atoms with van der Waals surface area (Å²) in [5.41, 5.74) is 0.768. The zero-order chi connectivity index (χ0) is 17.0. The van der Waals surface area contributed by atoms with Crippen LogP contribution in [-0.2, 0) is 4.74 Å². The maximum absolute atomic E-state index is 12.5. The summed E-state index contributed by atoms with van der Waals surface area (Å²) in [4.78, 5) is 17.4. The Morgan fingerprint density at radius 3 is 2.42 bits per heavy atom. The predicted octanol–water partition coefficient (Wildman–Crippen LogP) is 1.98. The largest absolute Gasteiger partial charge is 0.379 e. The van der Waals surface area contributed by atoms with E-state index in [4.69, 9.17) is 4.74 Å². The number of ether oxygens (including phenoxy) is 1. The van der Waals surface area contributed by atoms with Gasteiger partial charge in [-0.2, -0.15) is 0 Å². The third kappa shape index (κ3) is 4.17. The Kier molecular flexibility index (Phi) is 5.92. The Balaban J connectivity index is 1.67. The number of morpholine rings is 1. The fourth-order valence-electron chi connectivity index (χ4n) is 3.63. The van der Waals surface area contributed by atoms with Crippen LogP contribution in [0.15, 0.2) is 28.7 Å². The standard InChI is InChI=1S/C18H26BrN3O2/c1-21-8-6-18(7-9-21,22-10-12-24-13-11-22)14-20-17(23)15-2-4-16(19)5-3-15/h2-5H,6-14H2,1H3,(H,20,23). The summed E-state index contributed by atoms with van der Waals surface area (Å²) in [5.74, 6) is 0.00839. The van der Waals surface area contributed by atoms with Gasteiger partial charge in [0.1, 0.15) is 0 Å². The van der Waals surface area contributed by atoms with Gasteiger partial charge < -0.3 is 15.0 Å². The van der Waals surface area contributed by atoms with E-state index in [0.717, 1.165) is 56.7 Å². The number of piperidine rings is 1. The van der Waals surface area contributed by atoms with Crippen molar-refractivity contribution in [2.24, 2.45) is 0 Å². The molecule has 6 heteroatoms. The highest BCUT2D eigenvalue weighted by Gasteiger charge is 2.40.